The van der Waals surface area contributed by atoms with Gasteiger partial charge in [-0.25, -0.2) is 0 Å². The van der Waals surface area contributed by atoms with E-state index in [2.05, 4.69) is 6.07 Å². The zero-order valence-electron chi connectivity index (χ0n) is 9.66. The van der Waals surface area contributed by atoms with Crippen LogP contribution in [0.15, 0.2) is 18.2 Å². The molecule has 2 aliphatic rings. The molecule has 0 saturated heterocycles. The van der Waals surface area contributed by atoms with E-state index in [0.29, 0.717) is 0 Å². The summed E-state index contributed by atoms with van der Waals surface area (Å²) >= 11 is 0. The first-order valence-corrected chi connectivity index (χ1v) is 5.75. The van der Waals surface area contributed by atoms with E-state index in [1.807, 2.05) is 26.1 Å². The molecule has 1 fully saturated rings. The number of rotatable bonds is 1. The quantitative estimate of drug-likeness (QED) is 0.776. The molecule has 3 heteroatoms. The Morgan fingerprint density at radius 2 is 2.12 bits per heavy atom. The Morgan fingerprint density at radius 1 is 1.44 bits per heavy atom. The minimum absolute atomic E-state index is 0.00766. The largest absolute Gasteiger partial charge is 0.324 e. The van der Waals surface area contributed by atoms with E-state index in [1.165, 1.54) is 5.56 Å². The van der Waals surface area contributed by atoms with E-state index < -0.39 is 0 Å². The maximum atomic E-state index is 12.2. The van der Waals surface area contributed by atoms with E-state index in [4.69, 9.17) is 5.73 Å². The van der Waals surface area contributed by atoms with E-state index in [1.54, 1.807) is 4.90 Å². The van der Waals surface area contributed by atoms with Crippen LogP contribution >= 0.6 is 0 Å². The van der Waals surface area contributed by atoms with Crippen molar-refractivity contribution in [2.75, 3.05) is 11.9 Å². The Hall–Kier alpha value is -1.35. The van der Waals surface area contributed by atoms with Gasteiger partial charge in [-0.05, 0) is 37.0 Å². The predicted molar refractivity (Wildman–Crippen MR) is 63.4 cm³/mol. The lowest BCUT2D eigenvalue weighted by molar-refractivity contribution is -0.119. The van der Waals surface area contributed by atoms with Crippen LogP contribution < -0.4 is 10.6 Å². The fourth-order valence-corrected chi connectivity index (χ4v) is 2.86. The summed E-state index contributed by atoms with van der Waals surface area (Å²) < 4.78 is 0. The van der Waals surface area contributed by atoms with Crippen LogP contribution in [-0.4, -0.2) is 13.0 Å². The number of nitrogens with zero attached hydrogens (tertiary/aromatic N) is 1. The molecule has 84 valence electrons. The molecule has 2 N–H and O–H groups in total. The SMILES string of the molecule is C[C@@H](N)c1cccc2c1C1(CC1)C(=O)N2C. The highest BCUT2D eigenvalue weighted by molar-refractivity contribution is 6.10. The van der Waals surface area contributed by atoms with Gasteiger partial charge in [0, 0.05) is 18.8 Å². The standard InChI is InChI=1S/C13H16N2O/c1-8(14)9-4-3-5-10-11(9)13(6-7-13)12(16)15(10)2/h3-5,8H,6-7,14H2,1-2H3/t8-/m1/s1. The summed E-state index contributed by atoms with van der Waals surface area (Å²) in [5.41, 5.74) is 9.16. The van der Waals surface area contributed by atoms with Gasteiger partial charge in [-0.1, -0.05) is 12.1 Å². The van der Waals surface area contributed by atoms with Crippen molar-refractivity contribution < 1.29 is 4.79 Å². The molecule has 0 bridgehead atoms. The minimum atomic E-state index is -0.214. The molecule has 16 heavy (non-hydrogen) atoms. The molecule has 3 nitrogen and oxygen atoms in total. The molecule has 0 unspecified atom stereocenters. The third kappa shape index (κ3) is 0.990. The van der Waals surface area contributed by atoms with Crippen molar-refractivity contribution in [1.82, 2.24) is 0 Å². The van der Waals surface area contributed by atoms with Gasteiger partial charge in [0.2, 0.25) is 5.91 Å². The number of likely N-dealkylation sites (N-methyl/N-ethyl adjacent to an activating group) is 1. The third-order valence-corrected chi connectivity index (χ3v) is 3.87. The Bertz CT molecular complexity index is 475. The van der Waals surface area contributed by atoms with Crippen molar-refractivity contribution in [2.45, 2.75) is 31.2 Å². The molecule has 1 aromatic carbocycles. The Kier molecular flexibility index (Phi) is 1.76. The number of nitrogens with two attached hydrogens (primary N) is 1. The van der Waals surface area contributed by atoms with Gasteiger partial charge in [-0.3, -0.25) is 4.79 Å². The Morgan fingerprint density at radius 3 is 2.69 bits per heavy atom. The van der Waals surface area contributed by atoms with Crippen molar-refractivity contribution in [2.24, 2.45) is 5.73 Å². The van der Waals surface area contributed by atoms with Crippen molar-refractivity contribution in [3.63, 3.8) is 0 Å². The van der Waals surface area contributed by atoms with Crippen LogP contribution in [0.25, 0.3) is 0 Å². The molecular formula is C13H16N2O. The van der Waals surface area contributed by atoms with Crippen molar-refractivity contribution in [3.05, 3.63) is 29.3 Å². The maximum Gasteiger partial charge on any atom is 0.237 e. The van der Waals surface area contributed by atoms with Gasteiger partial charge in [0.25, 0.3) is 0 Å². The minimum Gasteiger partial charge on any atom is -0.324 e. The molecule has 1 aromatic rings. The van der Waals surface area contributed by atoms with Crippen LogP contribution in [0, 0.1) is 0 Å². The summed E-state index contributed by atoms with van der Waals surface area (Å²) in [7, 11) is 1.86. The number of hydrogen-bond acceptors (Lipinski definition) is 2. The van der Waals surface area contributed by atoms with Crippen LogP contribution in [0.2, 0.25) is 0 Å². The van der Waals surface area contributed by atoms with E-state index in [9.17, 15) is 4.79 Å². The second-order valence-electron chi connectivity index (χ2n) is 4.98. The zero-order valence-corrected chi connectivity index (χ0v) is 9.66. The summed E-state index contributed by atoms with van der Waals surface area (Å²) in [5, 5.41) is 0. The summed E-state index contributed by atoms with van der Waals surface area (Å²) in [6.07, 6.45) is 1.96. The van der Waals surface area contributed by atoms with Crippen LogP contribution in [0.4, 0.5) is 5.69 Å². The van der Waals surface area contributed by atoms with Crippen molar-refractivity contribution in [3.8, 4) is 0 Å². The molecule has 0 radical (unpaired) electrons. The van der Waals surface area contributed by atoms with E-state index >= 15 is 0 Å². The highest BCUT2D eigenvalue weighted by Crippen LogP contribution is 2.58. The monoisotopic (exact) mass is 216 g/mol. The highest BCUT2D eigenvalue weighted by Gasteiger charge is 2.59. The maximum absolute atomic E-state index is 12.2. The summed E-state index contributed by atoms with van der Waals surface area (Å²) in [5.74, 6) is 0.246. The molecule has 1 aliphatic heterocycles. The van der Waals surface area contributed by atoms with Gasteiger partial charge in [-0.15, -0.1) is 0 Å². The van der Waals surface area contributed by atoms with Crippen LogP contribution in [0.5, 0.6) is 0 Å². The van der Waals surface area contributed by atoms with Gasteiger partial charge in [0.1, 0.15) is 0 Å². The van der Waals surface area contributed by atoms with Crippen LogP contribution in [-0.2, 0) is 10.2 Å². The highest BCUT2D eigenvalue weighted by atomic mass is 16.2. The number of amides is 1. The van der Waals surface area contributed by atoms with Gasteiger partial charge >= 0.3 is 0 Å². The molecule has 1 amide bonds. The third-order valence-electron chi connectivity index (χ3n) is 3.87. The van der Waals surface area contributed by atoms with E-state index in [-0.39, 0.29) is 17.4 Å². The average molecular weight is 216 g/mol. The van der Waals surface area contributed by atoms with Crippen molar-refractivity contribution >= 4 is 11.6 Å². The smallest absolute Gasteiger partial charge is 0.237 e. The second kappa shape index (κ2) is 2.86. The molecule has 3 rings (SSSR count). The first-order chi connectivity index (χ1) is 7.58. The van der Waals surface area contributed by atoms with Gasteiger partial charge in [-0.2, -0.15) is 0 Å². The summed E-state index contributed by atoms with van der Waals surface area (Å²) in [6, 6.07) is 6.05. The lowest BCUT2D eigenvalue weighted by Gasteiger charge is -2.14. The predicted octanol–water partition coefficient (Wildman–Crippen LogP) is 1.71. The number of anilines is 1. The number of carbonyl (C=O) groups is 1. The molecular weight excluding hydrogens is 200 g/mol. The van der Waals surface area contributed by atoms with Gasteiger partial charge in [0.05, 0.1) is 5.41 Å². The topological polar surface area (TPSA) is 46.3 Å². The van der Waals surface area contributed by atoms with Crippen LogP contribution in [0.1, 0.15) is 36.9 Å². The van der Waals surface area contributed by atoms with Crippen LogP contribution in [0.3, 0.4) is 0 Å². The zero-order chi connectivity index (χ0) is 11.5. The van der Waals surface area contributed by atoms with Crippen molar-refractivity contribution in [1.29, 1.82) is 0 Å². The van der Waals surface area contributed by atoms with Gasteiger partial charge < -0.3 is 10.6 Å². The number of carbonyl (C=O) groups excluding carboxylic acids is 1. The number of fused-ring (bicyclic) bond motifs is 2. The number of benzene rings is 1. The molecule has 1 atom stereocenters. The molecule has 1 spiro atoms. The fraction of sp³-hybridized carbons (Fsp3) is 0.462. The first kappa shape index (κ1) is 9.85. The molecule has 1 heterocycles. The lowest BCUT2D eigenvalue weighted by atomic mass is 9.90. The normalized spacial score (nSPS) is 22.4. The lowest BCUT2D eigenvalue weighted by Crippen LogP contribution is -2.28. The van der Waals surface area contributed by atoms with E-state index in [0.717, 1.165) is 24.1 Å². The molecule has 1 aliphatic carbocycles. The fourth-order valence-electron chi connectivity index (χ4n) is 2.86. The average Bonchev–Trinajstić information content (AvgIpc) is 3.03. The second-order valence-corrected chi connectivity index (χ2v) is 4.98. The summed E-state index contributed by atoms with van der Waals surface area (Å²) in [4.78, 5) is 14.0. The van der Waals surface area contributed by atoms with Gasteiger partial charge in [0.15, 0.2) is 0 Å². The molecule has 0 aromatic heterocycles. The molecule has 1 saturated carbocycles. The Labute approximate surface area is 95.2 Å². The number of hydrogen-bond donors (Lipinski definition) is 1. The Balaban J connectivity index is 2.27. The first-order valence-electron chi connectivity index (χ1n) is 5.75. The summed E-state index contributed by atoms with van der Waals surface area (Å²) in [6.45, 7) is 1.98.